The third-order valence-corrected chi connectivity index (χ3v) is 4.59. The summed E-state index contributed by atoms with van der Waals surface area (Å²) in [5.74, 6) is -4.59. The van der Waals surface area contributed by atoms with Crippen LogP contribution in [0.3, 0.4) is 0 Å². The van der Waals surface area contributed by atoms with Gasteiger partial charge in [0.2, 0.25) is 0 Å². The van der Waals surface area contributed by atoms with E-state index in [9.17, 15) is 22.8 Å². The molecule has 0 aromatic heterocycles. The van der Waals surface area contributed by atoms with Gasteiger partial charge in [0.25, 0.3) is 0 Å². The molecule has 2 aromatic rings. The Labute approximate surface area is 171 Å². The van der Waals surface area contributed by atoms with E-state index >= 15 is 0 Å². The maximum absolute atomic E-state index is 14.1. The van der Waals surface area contributed by atoms with E-state index in [1.807, 2.05) is 0 Å². The number of hydrogen-bond donors (Lipinski definition) is 0. The van der Waals surface area contributed by atoms with Gasteiger partial charge < -0.3 is 9.47 Å². The highest BCUT2D eigenvalue weighted by Crippen LogP contribution is 2.30. The first-order valence-corrected chi connectivity index (χ1v) is 8.98. The number of rotatable bonds is 4. The topological polar surface area (TPSA) is 55.8 Å². The van der Waals surface area contributed by atoms with Gasteiger partial charge in [0.05, 0.1) is 12.7 Å². The van der Waals surface area contributed by atoms with Crippen LogP contribution in [0.1, 0.15) is 12.5 Å². The van der Waals surface area contributed by atoms with Crippen molar-refractivity contribution in [2.75, 3.05) is 7.11 Å². The second-order valence-corrected chi connectivity index (χ2v) is 6.60. The van der Waals surface area contributed by atoms with Gasteiger partial charge in [-0.15, -0.1) is 0 Å². The number of carbonyl (C=O) groups is 2. The van der Waals surface area contributed by atoms with Gasteiger partial charge in [0.1, 0.15) is 11.6 Å². The summed E-state index contributed by atoms with van der Waals surface area (Å²) < 4.78 is 50.9. The molecule has 0 saturated heterocycles. The molecule has 0 unspecified atom stereocenters. The lowest BCUT2D eigenvalue weighted by Crippen LogP contribution is -2.33. The van der Waals surface area contributed by atoms with Crippen LogP contribution < -0.4 is 4.74 Å². The van der Waals surface area contributed by atoms with Crippen LogP contribution in [0.4, 0.5) is 18.0 Å². The van der Waals surface area contributed by atoms with Gasteiger partial charge >= 0.3 is 12.1 Å². The van der Waals surface area contributed by atoms with E-state index in [1.54, 1.807) is 43.3 Å². The predicted octanol–water partition coefficient (Wildman–Crippen LogP) is 4.74. The molecule has 0 bridgehead atoms. The Kier molecular flexibility index (Phi) is 6.25. The average Bonchev–Trinajstić information content (AvgIpc) is 2.72. The van der Waals surface area contributed by atoms with Gasteiger partial charge in [-0.25, -0.2) is 22.8 Å². The van der Waals surface area contributed by atoms with Crippen molar-refractivity contribution in [3.63, 3.8) is 0 Å². The zero-order chi connectivity index (χ0) is 21.8. The second-order valence-electron chi connectivity index (χ2n) is 6.60. The van der Waals surface area contributed by atoms with E-state index in [2.05, 4.69) is 0 Å². The predicted molar refractivity (Wildman–Crippen MR) is 102 cm³/mol. The monoisotopic (exact) mass is 417 g/mol. The van der Waals surface area contributed by atoms with Crippen molar-refractivity contribution in [3.05, 3.63) is 89.0 Å². The number of allylic oxidation sites excluding steroid dienone is 2. The molecular formula is C22H18F3NO4. The first-order chi connectivity index (χ1) is 14.3. The van der Waals surface area contributed by atoms with Crippen molar-refractivity contribution < 1.29 is 32.2 Å². The minimum Gasteiger partial charge on any atom is -0.466 e. The summed E-state index contributed by atoms with van der Waals surface area (Å²) in [5, 5.41) is 0. The van der Waals surface area contributed by atoms with Gasteiger partial charge in [-0.05, 0) is 37.1 Å². The Balaban J connectivity index is 1.89. The van der Waals surface area contributed by atoms with Crippen LogP contribution in [-0.2, 0) is 16.0 Å². The molecular weight excluding hydrogens is 399 g/mol. The molecule has 0 radical (unpaired) electrons. The van der Waals surface area contributed by atoms with E-state index in [0.29, 0.717) is 17.5 Å². The fourth-order valence-electron chi connectivity index (χ4n) is 3.08. The molecule has 30 heavy (non-hydrogen) atoms. The molecule has 1 amide bonds. The number of amides is 1. The quantitative estimate of drug-likeness (QED) is 0.533. The number of benzene rings is 2. The van der Waals surface area contributed by atoms with E-state index in [0.717, 1.165) is 18.1 Å². The lowest BCUT2D eigenvalue weighted by molar-refractivity contribution is -0.136. The molecule has 1 atom stereocenters. The smallest absolute Gasteiger partial charge is 0.423 e. The zero-order valence-corrected chi connectivity index (χ0v) is 16.2. The minimum absolute atomic E-state index is 0.0391. The van der Waals surface area contributed by atoms with E-state index in [1.165, 1.54) is 6.20 Å². The third kappa shape index (κ3) is 4.53. The molecule has 2 aromatic carbocycles. The molecule has 5 nitrogen and oxygen atoms in total. The maximum Gasteiger partial charge on any atom is 0.423 e. The lowest BCUT2D eigenvalue weighted by atomic mass is 9.89. The van der Waals surface area contributed by atoms with Crippen molar-refractivity contribution in [2.24, 2.45) is 5.92 Å². The zero-order valence-electron chi connectivity index (χ0n) is 16.2. The van der Waals surface area contributed by atoms with Crippen LogP contribution in [-0.4, -0.2) is 24.1 Å². The van der Waals surface area contributed by atoms with Crippen LogP contribution in [0, 0.1) is 23.4 Å². The van der Waals surface area contributed by atoms with Crippen LogP contribution in [0.15, 0.2) is 66.0 Å². The molecule has 0 N–H and O–H groups in total. The standard InChI is InChI=1S/C22H18F3NO4/c1-13-8-14(9-15-10-19(24)20(25)11-18(15)23)17(21(27)29-2)12-26(13)22(28)30-16-6-4-3-5-7-16/h3-8,10-12,14H,9H2,1-2H3/t14-/m1/s1. The summed E-state index contributed by atoms with van der Waals surface area (Å²) in [6, 6.07) is 9.56. The average molecular weight is 417 g/mol. The Hall–Kier alpha value is -3.55. The molecule has 0 saturated carbocycles. The van der Waals surface area contributed by atoms with Crippen molar-refractivity contribution in [3.8, 4) is 5.75 Å². The first kappa shape index (κ1) is 21.2. The Morgan fingerprint density at radius 2 is 1.70 bits per heavy atom. The number of para-hydroxylation sites is 1. The molecule has 1 heterocycles. The van der Waals surface area contributed by atoms with Gasteiger partial charge in [-0.2, -0.15) is 0 Å². The second kappa shape index (κ2) is 8.86. The van der Waals surface area contributed by atoms with Gasteiger partial charge in [-0.1, -0.05) is 24.3 Å². The molecule has 1 aliphatic rings. The fraction of sp³-hybridized carbons (Fsp3) is 0.182. The molecule has 0 aliphatic carbocycles. The van der Waals surface area contributed by atoms with E-state index < -0.39 is 35.4 Å². The summed E-state index contributed by atoms with van der Waals surface area (Å²) in [6.07, 6.45) is 1.89. The van der Waals surface area contributed by atoms with E-state index in [4.69, 9.17) is 9.47 Å². The molecule has 156 valence electrons. The molecule has 1 aliphatic heterocycles. The summed E-state index contributed by atoms with van der Waals surface area (Å²) in [5.41, 5.74) is 0.340. The summed E-state index contributed by atoms with van der Waals surface area (Å²) >= 11 is 0. The SMILES string of the molecule is COC(=O)C1=CN(C(=O)Oc2ccccc2)C(C)=C[C@@H]1Cc1cc(F)c(F)cc1F. The number of esters is 1. The van der Waals surface area contributed by atoms with Crippen molar-refractivity contribution in [2.45, 2.75) is 13.3 Å². The third-order valence-electron chi connectivity index (χ3n) is 4.59. The maximum atomic E-state index is 14.1. The summed E-state index contributed by atoms with van der Waals surface area (Å²) in [6.45, 7) is 1.60. The molecule has 3 rings (SSSR count). The van der Waals surface area contributed by atoms with Crippen LogP contribution in [0.5, 0.6) is 5.75 Å². The van der Waals surface area contributed by atoms with Gasteiger partial charge in [0.15, 0.2) is 11.6 Å². The van der Waals surface area contributed by atoms with Crippen LogP contribution in [0.2, 0.25) is 0 Å². The summed E-state index contributed by atoms with van der Waals surface area (Å²) in [4.78, 5) is 26.0. The Morgan fingerprint density at radius 3 is 2.37 bits per heavy atom. The van der Waals surface area contributed by atoms with Crippen molar-refractivity contribution >= 4 is 12.1 Å². The lowest BCUT2D eigenvalue weighted by Gasteiger charge is -2.28. The molecule has 8 heteroatoms. The number of halogens is 3. The van der Waals surface area contributed by atoms with Crippen molar-refractivity contribution in [1.29, 1.82) is 0 Å². The molecule has 0 spiro atoms. The van der Waals surface area contributed by atoms with Gasteiger partial charge in [-0.3, -0.25) is 4.90 Å². The van der Waals surface area contributed by atoms with Crippen LogP contribution >= 0.6 is 0 Å². The normalized spacial score (nSPS) is 15.9. The number of ether oxygens (including phenoxy) is 2. The Bertz CT molecular complexity index is 1030. The number of hydrogen-bond acceptors (Lipinski definition) is 4. The Morgan fingerprint density at radius 1 is 1.03 bits per heavy atom. The fourth-order valence-corrected chi connectivity index (χ4v) is 3.08. The van der Waals surface area contributed by atoms with E-state index in [-0.39, 0.29) is 17.6 Å². The van der Waals surface area contributed by atoms with Crippen LogP contribution in [0.25, 0.3) is 0 Å². The minimum atomic E-state index is -1.30. The first-order valence-electron chi connectivity index (χ1n) is 8.98. The highest BCUT2D eigenvalue weighted by Gasteiger charge is 2.30. The number of carbonyl (C=O) groups excluding carboxylic acids is 2. The highest BCUT2D eigenvalue weighted by molar-refractivity contribution is 5.91. The van der Waals surface area contributed by atoms with Crippen molar-refractivity contribution in [1.82, 2.24) is 4.90 Å². The van der Waals surface area contributed by atoms with Gasteiger partial charge in [0, 0.05) is 23.9 Å². The number of nitrogens with zero attached hydrogens (tertiary/aromatic N) is 1. The largest absolute Gasteiger partial charge is 0.466 e. The highest BCUT2D eigenvalue weighted by atomic mass is 19.2. The molecule has 0 fully saturated rings. The summed E-state index contributed by atoms with van der Waals surface area (Å²) in [7, 11) is 1.16. The number of methoxy groups -OCH3 is 1.